The zero-order valence-corrected chi connectivity index (χ0v) is 12.9. The highest BCUT2D eigenvalue weighted by molar-refractivity contribution is 7.23. The summed E-state index contributed by atoms with van der Waals surface area (Å²) in [6, 6.07) is 20.4. The lowest BCUT2D eigenvalue weighted by atomic mass is 10.2. The van der Waals surface area contributed by atoms with Crippen LogP contribution >= 0.6 is 22.9 Å². The maximum absolute atomic E-state index is 8.91. The van der Waals surface area contributed by atoms with E-state index in [-0.39, 0.29) is 0 Å². The van der Waals surface area contributed by atoms with Crippen LogP contribution in [0.4, 0.5) is 10.7 Å². The zero-order valence-electron chi connectivity index (χ0n) is 11.3. The Bertz CT molecular complexity index is 789. The third-order valence-electron chi connectivity index (χ3n) is 3.28. The third kappa shape index (κ3) is 2.73. The molecule has 0 bridgehead atoms. The number of hydrogen-bond donors (Lipinski definition) is 0. The van der Waals surface area contributed by atoms with Gasteiger partial charge in [0.25, 0.3) is 0 Å². The molecule has 1 aromatic heterocycles. The highest BCUT2D eigenvalue weighted by Crippen LogP contribution is 2.44. The molecule has 104 valence electrons. The topological polar surface area (TPSA) is 27.0 Å². The fourth-order valence-corrected chi connectivity index (χ4v) is 3.87. The number of benzene rings is 2. The van der Waals surface area contributed by atoms with Crippen molar-refractivity contribution in [3.63, 3.8) is 0 Å². The Morgan fingerprint density at radius 3 is 2.48 bits per heavy atom. The Balaban J connectivity index is 2.10. The number of hydrogen-bond acceptors (Lipinski definition) is 3. The van der Waals surface area contributed by atoms with Gasteiger partial charge in [0.15, 0.2) is 0 Å². The van der Waals surface area contributed by atoms with Gasteiger partial charge in [-0.1, -0.05) is 48.0 Å². The predicted octanol–water partition coefficient (Wildman–Crippen LogP) is 5.61. The Kier molecular flexibility index (Phi) is 4.10. The SMILES string of the molecule is N#CCCN(c1ccccc1)c1sc2ccccc2c1Cl. The Hall–Kier alpha value is -2.02. The molecule has 2 nitrogen and oxygen atoms in total. The number of nitrogens with zero attached hydrogens (tertiary/aromatic N) is 2. The Labute approximate surface area is 132 Å². The number of nitriles is 1. The van der Waals surface area contributed by atoms with Crippen molar-refractivity contribution in [2.24, 2.45) is 0 Å². The summed E-state index contributed by atoms with van der Waals surface area (Å²) in [7, 11) is 0. The van der Waals surface area contributed by atoms with Crippen LogP contribution in [0.3, 0.4) is 0 Å². The fraction of sp³-hybridized carbons (Fsp3) is 0.118. The van der Waals surface area contributed by atoms with E-state index in [9.17, 15) is 0 Å². The second kappa shape index (κ2) is 6.17. The molecule has 0 N–H and O–H groups in total. The van der Waals surface area contributed by atoms with Crippen LogP contribution in [0.25, 0.3) is 10.1 Å². The van der Waals surface area contributed by atoms with Gasteiger partial charge in [0, 0.05) is 22.3 Å². The van der Waals surface area contributed by atoms with E-state index in [0.29, 0.717) is 13.0 Å². The van der Waals surface area contributed by atoms with Gasteiger partial charge in [-0.15, -0.1) is 11.3 Å². The molecule has 0 atom stereocenters. The van der Waals surface area contributed by atoms with Gasteiger partial charge in [-0.05, 0) is 18.2 Å². The van der Waals surface area contributed by atoms with Gasteiger partial charge in [-0.2, -0.15) is 5.26 Å². The van der Waals surface area contributed by atoms with Crippen molar-refractivity contribution in [2.75, 3.05) is 11.4 Å². The van der Waals surface area contributed by atoms with Crippen LogP contribution < -0.4 is 4.90 Å². The van der Waals surface area contributed by atoms with Gasteiger partial charge >= 0.3 is 0 Å². The summed E-state index contributed by atoms with van der Waals surface area (Å²) in [4.78, 5) is 2.12. The summed E-state index contributed by atoms with van der Waals surface area (Å²) in [5.41, 5.74) is 1.06. The minimum absolute atomic E-state index is 0.458. The number of rotatable bonds is 4. The molecule has 0 aliphatic heterocycles. The van der Waals surface area contributed by atoms with Crippen LogP contribution in [-0.2, 0) is 0 Å². The average Bonchev–Trinajstić information content (AvgIpc) is 2.86. The van der Waals surface area contributed by atoms with E-state index >= 15 is 0 Å². The van der Waals surface area contributed by atoms with Gasteiger partial charge in [0.1, 0.15) is 5.00 Å². The molecule has 4 heteroatoms. The minimum atomic E-state index is 0.458. The van der Waals surface area contributed by atoms with Crippen LogP contribution in [-0.4, -0.2) is 6.54 Å². The number of halogens is 1. The summed E-state index contributed by atoms with van der Waals surface area (Å²) in [6.07, 6.45) is 0.458. The smallest absolute Gasteiger partial charge is 0.116 e. The lowest BCUT2D eigenvalue weighted by Crippen LogP contribution is -2.17. The average molecular weight is 313 g/mol. The number of anilines is 2. The third-order valence-corrected chi connectivity index (χ3v) is 4.97. The largest absolute Gasteiger partial charge is 0.331 e. The van der Waals surface area contributed by atoms with E-state index in [1.165, 1.54) is 0 Å². The standard InChI is InChI=1S/C17H13ClN2S/c18-16-14-9-4-5-10-15(14)21-17(16)20(12-6-11-19)13-7-2-1-3-8-13/h1-5,7-10H,6,12H2. The van der Waals surface area contributed by atoms with Crippen LogP contribution in [0.5, 0.6) is 0 Å². The Morgan fingerprint density at radius 2 is 1.76 bits per heavy atom. The van der Waals surface area contributed by atoms with Crippen LogP contribution in [0.1, 0.15) is 6.42 Å². The van der Waals surface area contributed by atoms with E-state index < -0.39 is 0 Å². The number of para-hydroxylation sites is 1. The van der Waals surface area contributed by atoms with Crippen molar-refractivity contribution in [3.05, 3.63) is 59.6 Å². The molecule has 0 amide bonds. The van der Waals surface area contributed by atoms with E-state index in [0.717, 1.165) is 25.8 Å². The van der Waals surface area contributed by atoms with E-state index in [1.54, 1.807) is 11.3 Å². The van der Waals surface area contributed by atoms with Gasteiger partial charge in [0.2, 0.25) is 0 Å². The molecule has 0 aliphatic carbocycles. The molecule has 0 fully saturated rings. The summed E-state index contributed by atoms with van der Waals surface area (Å²) < 4.78 is 1.16. The van der Waals surface area contributed by atoms with Crippen molar-refractivity contribution in [1.29, 1.82) is 5.26 Å². The van der Waals surface area contributed by atoms with Gasteiger partial charge in [-0.25, -0.2) is 0 Å². The summed E-state index contributed by atoms with van der Waals surface area (Å²) in [6.45, 7) is 0.632. The first-order valence-corrected chi connectivity index (χ1v) is 7.87. The summed E-state index contributed by atoms with van der Waals surface area (Å²) >= 11 is 8.23. The molecule has 0 unspecified atom stereocenters. The molecular formula is C17H13ClN2S. The molecule has 0 spiro atoms. The molecule has 2 aromatic carbocycles. The quantitative estimate of drug-likeness (QED) is 0.626. The summed E-state index contributed by atoms with van der Waals surface area (Å²) in [5.74, 6) is 0. The highest BCUT2D eigenvalue weighted by atomic mass is 35.5. The van der Waals surface area contributed by atoms with Crippen molar-refractivity contribution in [1.82, 2.24) is 0 Å². The normalized spacial score (nSPS) is 10.5. The van der Waals surface area contributed by atoms with Gasteiger partial charge in [-0.3, -0.25) is 0 Å². The molecular weight excluding hydrogens is 300 g/mol. The summed E-state index contributed by atoms with van der Waals surface area (Å²) in [5, 5.41) is 11.7. The second-order valence-corrected chi connectivity index (χ2v) is 6.02. The fourth-order valence-electron chi connectivity index (χ4n) is 2.29. The Morgan fingerprint density at radius 1 is 1.05 bits per heavy atom. The first-order valence-electron chi connectivity index (χ1n) is 6.68. The van der Waals surface area contributed by atoms with Gasteiger partial charge in [0.05, 0.1) is 17.5 Å². The van der Waals surface area contributed by atoms with Crippen molar-refractivity contribution in [2.45, 2.75) is 6.42 Å². The lowest BCUT2D eigenvalue weighted by Gasteiger charge is -2.22. The predicted molar refractivity (Wildman–Crippen MR) is 90.5 cm³/mol. The number of fused-ring (bicyclic) bond motifs is 1. The van der Waals surface area contributed by atoms with Crippen molar-refractivity contribution < 1.29 is 0 Å². The second-order valence-electron chi connectivity index (χ2n) is 4.61. The monoisotopic (exact) mass is 312 g/mol. The molecule has 21 heavy (non-hydrogen) atoms. The van der Waals surface area contributed by atoms with Crippen LogP contribution in [0.15, 0.2) is 54.6 Å². The molecule has 0 saturated heterocycles. The van der Waals surface area contributed by atoms with E-state index in [4.69, 9.17) is 16.9 Å². The molecule has 3 rings (SSSR count). The molecule has 0 saturated carbocycles. The van der Waals surface area contributed by atoms with E-state index in [2.05, 4.69) is 17.0 Å². The first kappa shape index (κ1) is 13.9. The van der Waals surface area contributed by atoms with E-state index in [1.807, 2.05) is 48.5 Å². The van der Waals surface area contributed by atoms with Crippen molar-refractivity contribution in [3.8, 4) is 6.07 Å². The molecule has 1 heterocycles. The lowest BCUT2D eigenvalue weighted by molar-refractivity contribution is 0.958. The zero-order chi connectivity index (χ0) is 14.7. The van der Waals surface area contributed by atoms with Crippen LogP contribution in [0, 0.1) is 11.3 Å². The van der Waals surface area contributed by atoms with Crippen LogP contribution in [0.2, 0.25) is 5.02 Å². The molecule has 0 aliphatic rings. The molecule has 0 radical (unpaired) electrons. The number of thiophene rings is 1. The minimum Gasteiger partial charge on any atom is -0.331 e. The van der Waals surface area contributed by atoms with Crippen molar-refractivity contribution >= 4 is 43.7 Å². The first-order chi connectivity index (χ1) is 10.3. The maximum Gasteiger partial charge on any atom is 0.116 e. The molecule has 3 aromatic rings. The maximum atomic E-state index is 8.91. The highest BCUT2D eigenvalue weighted by Gasteiger charge is 2.17. The van der Waals surface area contributed by atoms with Gasteiger partial charge < -0.3 is 4.90 Å².